The normalized spacial score (nSPS) is 12.9. The van der Waals surface area contributed by atoms with Gasteiger partial charge in [0, 0.05) is 19.3 Å². The summed E-state index contributed by atoms with van der Waals surface area (Å²) in [6.45, 7) is 6.50. The number of rotatable bonds is 55. The molecule has 0 saturated heterocycles. The minimum absolute atomic E-state index is 0.0777. The third-order valence-electron chi connectivity index (χ3n) is 13.0. The zero-order valence-electron chi connectivity index (χ0n) is 48.3. The zero-order chi connectivity index (χ0) is 53.6. The smallest absolute Gasteiger partial charge is 0.306 e. The van der Waals surface area contributed by atoms with E-state index in [9.17, 15) is 14.4 Å². The Balaban J connectivity index is 4.14. The highest BCUT2D eigenvalue weighted by Crippen LogP contribution is 2.15. The molecule has 0 bridgehead atoms. The number of carbonyl (C=O) groups excluding carboxylic acids is 3. The first kappa shape index (κ1) is 70.1. The van der Waals surface area contributed by atoms with E-state index in [2.05, 4.69) is 130 Å². The molecule has 1 atom stereocenters. The Kier molecular flexibility index (Phi) is 58.3. The molecule has 0 aliphatic heterocycles. The molecule has 74 heavy (non-hydrogen) atoms. The molecule has 0 aromatic carbocycles. The van der Waals surface area contributed by atoms with Crippen molar-refractivity contribution >= 4 is 17.9 Å². The molecule has 0 aromatic heterocycles. The van der Waals surface area contributed by atoms with E-state index in [4.69, 9.17) is 14.2 Å². The highest BCUT2D eigenvalue weighted by molar-refractivity contribution is 5.71. The molecule has 6 nitrogen and oxygen atoms in total. The maximum Gasteiger partial charge on any atom is 0.306 e. The second-order valence-corrected chi connectivity index (χ2v) is 20.2. The molecule has 422 valence electrons. The Morgan fingerprint density at radius 2 is 0.527 bits per heavy atom. The molecule has 0 radical (unpaired) electrons. The Hall–Kier alpha value is -3.93. The van der Waals surface area contributed by atoms with E-state index in [1.165, 1.54) is 122 Å². The van der Waals surface area contributed by atoms with Crippen LogP contribution in [0.15, 0.2) is 109 Å². The van der Waals surface area contributed by atoms with Crippen molar-refractivity contribution in [1.29, 1.82) is 0 Å². The van der Waals surface area contributed by atoms with Crippen LogP contribution < -0.4 is 0 Å². The van der Waals surface area contributed by atoms with Gasteiger partial charge < -0.3 is 14.2 Å². The molecule has 0 aromatic rings. The van der Waals surface area contributed by atoms with Gasteiger partial charge in [0.25, 0.3) is 0 Å². The van der Waals surface area contributed by atoms with Crippen molar-refractivity contribution in [2.24, 2.45) is 0 Å². The van der Waals surface area contributed by atoms with Gasteiger partial charge in [-0.15, -0.1) is 0 Å². The van der Waals surface area contributed by atoms with E-state index in [0.717, 1.165) is 122 Å². The second kappa shape index (κ2) is 61.6. The van der Waals surface area contributed by atoms with Gasteiger partial charge in [-0.3, -0.25) is 14.4 Å². The first-order chi connectivity index (χ1) is 36.5. The van der Waals surface area contributed by atoms with Crippen molar-refractivity contribution < 1.29 is 28.6 Å². The van der Waals surface area contributed by atoms with Gasteiger partial charge >= 0.3 is 17.9 Å². The van der Waals surface area contributed by atoms with Gasteiger partial charge in [-0.2, -0.15) is 0 Å². The molecular weight excluding hydrogens is 913 g/mol. The molecule has 0 N–H and O–H groups in total. The highest BCUT2D eigenvalue weighted by atomic mass is 16.6. The van der Waals surface area contributed by atoms with Crippen LogP contribution in [-0.2, 0) is 28.6 Å². The van der Waals surface area contributed by atoms with E-state index in [1.807, 2.05) is 0 Å². The van der Waals surface area contributed by atoms with Gasteiger partial charge in [0.15, 0.2) is 6.10 Å². The lowest BCUT2D eigenvalue weighted by molar-refractivity contribution is -0.167. The average Bonchev–Trinajstić information content (AvgIpc) is 3.40. The predicted octanol–water partition coefficient (Wildman–Crippen LogP) is 21.0. The molecule has 0 heterocycles. The van der Waals surface area contributed by atoms with Crippen LogP contribution in [-0.4, -0.2) is 37.2 Å². The summed E-state index contributed by atoms with van der Waals surface area (Å²) in [5, 5.41) is 0. The van der Waals surface area contributed by atoms with E-state index in [1.54, 1.807) is 0 Å². The first-order valence-electron chi connectivity index (χ1n) is 30.9. The lowest BCUT2D eigenvalue weighted by Gasteiger charge is -2.18. The van der Waals surface area contributed by atoms with Crippen LogP contribution in [0, 0.1) is 0 Å². The summed E-state index contributed by atoms with van der Waals surface area (Å²) < 4.78 is 16.8. The Bertz CT molecular complexity index is 1510. The number of ether oxygens (including phenoxy) is 3. The van der Waals surface area contributed by atoms with Crippen LogP contribution in [0.5, 0.6) is 0 Å². The lowest BCUT2D eigenvalue weighted by atomic mass is 10.0. The fourth-order valence-electron chi connectivity index (χ4n) is 8.44. The molecule has 0 amide bonds. The summed E-state index contributed by atoms with van der Waals surface area (Å²) in [6, 6.07) is 0. The Morgan fingerprint density at radius 1 is 0.284 bits per heavy atom. The van der Waals surface area contributed by atoms with Crippen molar-refractivity contribution in [3.05, 3.63) is 109 Å². The molecule has 0 aliphatic carbocycles. The maximum absolute atomic E-state index is 12.8. The standard InChI is InChI=1S/C68H114O6/c1-4-7-10-13-16-19-21-23-24-25-26-27-28-29-30-31-32-33-34-35-36-37-38-39-40-41-42-43-44-45-47-49-52-55-58-61-67(70)73-64-65(63-72-66(69)60-57-54-51-48-18-15-12-9-6-3)74-68(71)62-59-56-53-50-46-22-20-17-14-11-8-5-2/h7,10,16,19,23-24,26-27,29-30,32-33,35-36,38-39,41-42,65H,4-6,8-9,11-15,17-18,20-22,25,28,31,34,37,40,43-64H2,1-3H3/b10-7-,19-16-,24-23-,27-26-,30-29-,33-32-,36-35-,39-38-,42-41-. The Morgan fingerprint density at radius 3 is 0.824 bits per heavy atom. The fourth-order valence-corrected chi connectivity index (χ4v) is 8.44. The SMILES string of the molecule is CC/C=C\C/C=C\C/C=C\C/C=C\C/C=C\C/C=C\C/C=C\C/C=C\C/C=C\CCCCCCCCCC(=O)OCC(COC(=O)CCCCCCCCCCC)OC(=O)CCCCCCCCCCCCCC. The fraction of sp³-hybridized carbons (Fsp3) is 0.691. The van der Waals surface area contributed by atoms with Gasteiger partial charge in [0.1, 0.15) is 13.2 Å². The molecule has 0 fully saturated rings. The van der Waals surface area contributed by atoms with Crippen molar-refractivity contribution in [3.63, 3.8) is 0 Å². The van der Waals surface area contributed by atoms with Gasteiger partial charge in [0.2, 0.25) is 0 Å². The zero-order valence-corrected chi connectivity index (χ0v) is 48.3. The molecule has 6 heteroatoms. The average molecular weight is 1030 g/mol. The van der Waals surface area contributed by atoms with E-state index in [0.29, 0.717) is 19.3 Å². The maximum atomic E-state index is 12.8. The number of allylic oxidation sites excluding steroid dienone is 18. The monoisotopic (exact) mass is 1030 g/mol. The minimum Gasteiger partial charge on any atom is -0.462 e. The number of esters is 3. The molecule has 0 saturated carbocycles. The number of hydrogen-bond donors (Lipinski definition) is 0. The lowest BCUT2D eigenvalue weighted by Crippen LogP contribution is -2.30. The van der Waals surface area contributed by atoms with Crippen molar-refractivity contribution in [2.45, 2.75) is 290 Å². The van der Waals surface area contributed by atoms with E-state index < -0.39 is 6.10 Å². The second-order valence-electron chi connectivity index (χ2n) is 20.2. The molecule has 0 spiro atoms. The van der Waals surface area contributed by atoms with Crippen LogP contribution in [0.2, 0.25) is 0 Å². The third kappa shape index (κ3) is 59.0. The van der Waals surface area contributed by atoms with Crippen molar-refractivity contribution in [3.8, 4) is 0 Å². The van der Waals surface area contributed by atoms with Crippen LogP contribution in [0.1, 0.15) is 284 Å². The van der Waals surface area contributed by atoms with Gasteiger partial charge in [-0.25, -0.2) is 0 Å². The van der Waals surface area contributed by atoms with Crippen molar-refractivity contribution in [1.82, 2.24) is 0 Å². The highest BCUT2D eigenvalue weighted by Gasteiger charge is 2.19. The molecular formula is C68H114O6. The van der Waals surface area contributed by atoms with Gasteiger partial charge in [-0.1, -0.05) is 284 Å². The summed E-state index contributed by atoms with van der Waals surface area (Å²) in [6.07, 6.45) is 83.9. The number of unbranched alkanes of at least 4 members (excludes halogenated alkanes) is 26. The largest absolute Gasteiger partial charge is 0.462 e. The molecule has 1 unspecified atom stereocenters. The minimum atomic E-state index is -0.778. The van der Waals surface area contributed by atoms with Crippen molar-refractivity contribution in [2.75, 3.05) is 13.2 Å². The van der Waals surface area contributed by atoms with Gasteiger partial charge in [-0.05, 0) is 89.9 Å². The van der Waals surface area contributed by atoms with Crippen LogP contribution >= 0.6 is 0 Å². The summed E-state index contributed by atoms with van der Waals surface area (Å²) >= 11 is 0. The van der Waals surface area contributed by atoms with Crippen LogP contribution in [0.4, 0.5) is 0 Å². The van der Waals surface area contributed by atoms with E-state index >= 15 is 0 Å². The summed E-state index contributed by atoms with van der Waals surface area (Å²) in [7, 11) is 0. The number of carbonyl (C=O) groups is 3. The summed E-state index contributed by atoms with van der Waals surface area (Å²) in [4.78, 5) is 38.0. The Labute approximate surface area is 457 Å². The summed E-state index contributed by atoms with van der Waals surface area (Å²) in [5.41, 5.74) is 0. The first-order valence-corrected chi connectivity index (χ1v) is 30.9. The molecule has 0 aliphatic rings. The van der Waals surface area contributed by atoms with Crippen LogP contribution in [0.3, 0.4) is 0 Å². The summed E-state index contributed by atoms with van der Waals surface area (Å²) in [5.74, 6) is -0.888. The van der Waals surface area contributed by atoms with Crippen LogP contribution in [0.25, 0.3) is 0 Å². The molecule has 0 rings (SSSR count). The number of hydrogen-bond acceptors (Lipinski definition) is 6. The van der Waals surface area contributed by atoms with Gasteiger partial charge in [0.05, 0.1) is 0 Å². The topological polar surface area (TPSA) is 78.9 Å². The third-order valence-corrected chi connectivity index (χ3v) is 13.0. The quantitative estimate of drug-likeness (QED) is 0.0261. The van der Waals surface area contributed by atoms with E-state index in [-0.39, 0.29) is 31.1 Å². The predicted molar refractivity (Wildman–Crippen MR) is 320 cm³/mol.